The lowest BCUT2D eigenvalue weighted by Crippen LogP contribution is -2.16. The van der Waals surface area contributed by atoms with Gasteiger partial charge in [0.2, 0.25) is 0 Å². The molecule has 1 heterocycles. The molecule has 0 aliphatic heterocycles. The highest BCUT2D eigenvalue weighted by atomic mass is 35.5. The first-order valence-corrected chi connectivity index (χ1v) is 6.13. The number of nitrogens with two attached hydrogens (primary N) is 1. The van der Waals surface area contributed by atoms with Gasteiger partial charge in [0.25, 0.3) is 0 Å². The molecule has 0 aliphatic rings. The maximum absolute atomic E-state index is 13.7. The van der Waals surface area contributed by atoms with Crippen LogP contribution in [-0.4, -0.2) is 4.98 Å². The van der Waals surface area contributed by atoms with E-state index in [1.807, 2.05) is 0 Å². The van der Waals surface area contributed by atoms with Gasteiger partial charge in [0.1, 0.15) is 5.82 Å². The first-order valence-electron chi connectivity index (χ1n) is 5.37. The zero-order valence-corrected chi connectivity index (χ0v) is 10.9. The molecule has 0 radical (unpaired) electrons. The molecular weight excluding hydrogens is 274 g/mol. The molecule has 94 valence electrons. The lowest BCUT2D eigenvalue weighted by atomic mass is 10.00. The minimum Gasteiger partial charge on any atom is -0.324 e. The van der Waals surface area contributed by atoms with Gasteiger partial charge in [-0.25, -0.2) is 4.39 Å². The Labute approximate surface area is 115 Å². The van der Waals surface area contributed by atoms with Crippen molar-refractivity contribution < 1.29 is 4.39 Å². The quantitative estimate of drug-likeness (QED) is 0.932. The second kappa shape index (κ2) is 5.65. The highest BCUT2D eigenvalue weighted by molar-refractivity contribution is 6.31. The number of aromatic nitrogens is 1. The van der Waals surface area contributed by atoms with E-state index in [1.165, 1.54) is 12.3 Å². The summed E-state index contributed by atoms with van der Waals surface area (Å²) in [6.07, 6.45) is 3.56. The average Bonchev–Trinajstić information content (AvgIpc) is 2.32. The fourth-order valence-corrected chi connectivity index (χ4v) is 2.27. The van der Waals surface area contributed by atoms with Gasteiger partial charge in [-0.15, -0.1) is 0 Å². The molecule has 0 amide bonds. The molecule has 1 atom stereocenters. The fourth-order valence-electron chi connectivity index (χ4n) is 1.77. The van der Waals surface area contributed by atoms with Crippen LogP contribution in [0, 0.1) is 5.82 Å². The number of pyridine rings is 1. The first kappa shape index (κ1) is 13.3. The number of halogens is 3. The second-order valence-electron chi connectivity index (χ2n) is 3.91. The Kier molecular flexibility index (Phi) is 4.17. The molecule has 0 saturated heterocycles. The molecule has 0 aliphatic carbocycles. The van der Waals surface area contributed by atoms with Gasteiger partial charge < -0.3 is 5.73 Å². The van der Waals surface area contributed by atoms with Crippen LogP contribution in [0.2, 0.25) is 10.0 Å². The van der Waals surface area contributed by atoms with E-state index in [-0.39, 0.29) is 0 Å². The maximum Gasteiger partial charge on any atom is 0.129 e. The summed E-state index contributed by atoms with van der Waals surface area (Å²) in [7, 11) is 0. The monoisotopic (exact) mass is 284 g/mol. The molecule has 2 rings (SSSR count). The van der Waals surface area contributed by atoms with Gasteiger partial charge in [0.05, 0.1) is 5.02 Å². The molecule has 0 spiro atoms. The van der Waals surface area contributed by atoms with Gasteiger partial charge in [0.15, 0.2) is 0 Å². The van der Waals surface area contributed by atoms with Crippen molar-refractivity contribution in [2.45, 2.75) is 12.5 Å². The van der Waals surface area contributed by atoms with E-state index in [9.17, 15) is 4.39 Å². The second-order valence-corrected chi connectivity index (χ2v) is 4.73. The SMILES string of the molecule is NC(Cc1ccncc1Cl)c1c(F)cccc1Cl. The molecule has 1 aromatic heterocycles. The average molecular weight is 285 g/mol. The molecule has 2 nitrogen and oxygen atoms in total. The van der Waals surface area contributed by atoms with Crippen LogP contribution in [0.1, 0.15) is 17.2 Å². The largest absolute Gasteiger partial charge is 0.324 e. The third-order valence-corrected chi connectivity index (χ3v) is 3.34. The van der Waals surface area contributed by atoms with Crippen LogP contribution in [0.5, 0.6) is 0 Å². The maximum atomic E-state index is 13.7. The van der Waals surface area contributed by atoms with E-state index in [4.69, 9.17) is 28.9 Å². The Hall–Kier alpha value is -1.16. The summed E-state index contributed by atoms with van der Waals surface area (Å²) >= 11 is 12.0. The topological polar surface area (TPSA) is 38.9 Å². The lowest BCUT2D eigenvalue weighted by molar-refractivity contribution is 0.580. The molecule has 0 fully saturated rings. The highest BCUT2D eigenvalue weighted by Crippen LogP contribution is 2.28. The van der Waals surface area contributed by atoms with Gasteiger partial charge in [-0.2, -0.15) is 0 Å². The normalized spacial score (nSPS) is 12.4. The third kappa shape index (κ3) is 2.80. The molecule has 2 N–H and O–H groups in total. The molecule has 1 aromatic carbocycles. The van der Waals surface area contributed by atoms with Gasteiger partial charge in [-0.05, 0) is 30.2 Å². The molecule has 2 aromatic rings. The van der Waals surface area contributed by atoms with Crippen molar-refractivity contribution in [3.63, 3.8) is 0 Å². The van der Waals surface area contributed by atoms with Crippen molar-refractivity contribution in [2.75, 3.05) is 0 Å². The predicted octanol–water partition coefficient (Wildman–Crippen LogP) is 3.77. The van der Waals surface area contributed by atoms with Crippen molar-refractivity contribution >= 4 is 23.2 Å². The van der Waals surface area contributed by atoms with Crippen LogP contribution in [0.25, 0.3) is 0 Å². The number of benzene rings is 1. The lowest BCUT2D eigenvalue weighted by Gasteiger charge is -2.15. The Balaban J connectivity index is 2.28. The van der Waals surface area contributed by atoms with Gasteiger partial charge >= 0.3 is 0 Å². The zero-order valence-electron chi connectivity index (χ0n) is 9.41. The number of nitrogens with zero attached hydrogens (tertiary/aromatic N) is 1. The first-order chi connectivity index (χ1) is 8.59. The molecule has 1 unspecified atom stereocenters. The van der Waals surface area contributed by atoms with Crippen molar-refractivity contribution in [2.24, 2.45) is 5.73 Å². The van der Waals surface area contributed by atoms with E-state index < -0.39 is 11.9 Å². The minimum atomic E-state index is -0.543. The highest BCUT2D eigenvalue weighted by Gasteiger charge is 2.16. The number of hydrogen-bond donors (Lipinski definition) is 1. The van der Waals surface area contributed by atoms with Crippen molar-refractivity contribution in [3.05, 3.63) is 63.6 Å². The van der Waals surface area contributed by atoms with Gasteiger partial charge in [0, 0.05) is 29.0 Å². The third-order valence-electron chi connectivity index (χ3n) is 2.67. The van der Waals surface area contributed by atoms with Crippen LogP contribution in [0.4, 0.5) is 4.39 Å². The Morgan fingerprint density at radius 3 is 2.67 bits per heavy atom. The van der Waals surface area contributed by atoms with E-state index in [1.54, 1.807) is 24.4 Å². The number of rotatable bonds is 3. The van der Waals surface area contributed by atoms with Gasteiger partial charge in [-0.3, -0.25) is 4.98 Å². The van der Waals surface area contributed by atoms with Crippen LogP contribution in [0.3, 0.4) is 0 Å². The van der Waals surface area contributed by atoms with Gasteiger partial charge in [-0.1, -0.05) is 29.3 Å². The summed E-state index contributed by atoms with van der Waals surface area (Å²) in [6.45, 7) is 0. The molecular formula is C13H11Cl2FN2. The summed E-state index contributed by atoms with van der Waals surface area (Å²) in [5.74, 6) is -0.403. The minimum absolute atomic E-state index is 0.312. The smallest absolute Gasteiger partial charge is 0.129 e. The standard InChI is InChI=1S/C13H11Cl2FN2/c14-9-2-1-3-11(16)13(9)12(17)6-8-4-5-18-7-10(8)15/h1-5,7,12H,6,17H2. The molecule has 5 heteroatoms. The molecule has 0 saturated carbocycles. The van der Waals surface area contributed by atoms with Crippen molar-refractivity contribution in [3.8, 4) is 0 Å². The van der Waals surface area contributed by atoms with E-state index in [2.05, 4.69) is 4.98 Å². The van der Waals surface area contributed by atoms with E-state index >= 15 is 0 Å². The van der Waals surface area contributed by atoms with Crippen LogP contribution < -0.4 is 5.73 Å². The molecule has 18 heavy (non-hydrogen) atoms. The summed E-state index contributed by atoms with van der Waals surface area (Å²) in [6, 6.07) is 5.73. The summed E-state index contributed by atoms with van der Waals surface area (Å²) in [5, 5.41) is 0.841. The van der Waals surface area contributed by atoms with Crippen LogP contribution in [-0.2, 0) is 6.42 Å². The predicted molar refractivity (Wildman–Crippen MR) is 71.3 cm³/mol. The summed E-state index contributed by atoms with van der Waals surface area (Å²) < 4.78 is 13.7. The van der Waals surface area contributed by atoms with E-state index in [0.29, 0.717) is 22.0 Å². The number of hydrogen-bond acceptors (Lipinski definition) is 2. The van der Waals surface area contributed by atoms with E-state index in [0.717, 1.165) is 5.56 Å². The summed E-state index contributed by atoms with van der Waals surface area (Å²) in [4.78, 5) is 3.89. The fraction of sp³-hybridized carbons (Fsp3) is 0.154. The summed E-state index contributed by atoms with van der Waals surface area (Å²) in [5.41, 5.74) is 7.12. The van der Waals surface area contributed by atoms with Crippen molar-refractivity contribution in [1.82, 2.24) is 4.98 Å². The zero-order chi connectivity index (χ0) is 13.1. The Morgan fingerprint density at radius 1 is 1.22 bits per heavy atom. The molecule has 0 bridgehead atoms. The van der Waals surface area contributed by atoms with Crippen LogP contribution >= 0.6 is 23.2 Å². The van der Waals surface area contributed by atoms with Crippen molar-refractivity contribution in [1.29, 1.82) is 0 Å². The Bertz CT molecular complexity index is 540. The Morgan fingerprint density at radius 2 is 2.00 bits per heavy atom. The van der Waals surface area contributed by atoms with Crippen LogP contribution in [0.15, 0.2) is 36.7 Å².